The van der Waals surface area contributed by atoms with Crippen molar-refractivity contribution < 1.29 is 23.0 Å². The number of alkyl halides is 2. The summed E-state index contributed by atoms with van der Waals surface area (Å²) in [7, 11) is 2.80. The van der Waals surface area contributed by atoms with Gasteiger partial charge in [-0.1, -0.05) is 29.8 Å². The molecule has 24 heavy (non-hydrogen) atoms. The van der Waals surface area contributed by atoms with Crippen LogP contribution in [0.4, 0.5) is 8.78 Å². The molecule has 6 heteroatoms. The van der Waals surface area contributed by atoms with Crippen LogP contribution in [-0.2, 0) is 13.1 Å². The van der Waals surface area contributed by atoms with Crippen molar-refractivity contribution in [2.75, 3.05) is 14.2 Å². The van der Waals surface area contributed by atoms with E-state index < -0.39 is 6.61 Å². The zero-order valence-electron chi connectivity index (χ0n) is 13.9. The van der Waals surface area contributed by atoms with E-state index in [1.165, 1.54) is 19.8 Å². The van der Waals surface area contributed by atoms with Crippen molar-refractivity contribution in [3.63, 3.8) is 0 Å². The summed E-state index contributed by atoms with van der Waals surface area (Å²) in [5, 5.41) is 3.30. The molecule has 1 N–H and O–H groups in total. The van der Waals surface area contributed by atoms with E-state index in [1.807, 2.05) is 6.92 Å². The topological polar surface area (TPSA) is 39.7 Å². The average molecular weight is 337 g/mol. The number of ether oxygens (including phenoxy) is 3. The van der Waals surface area contributed by atoms with Gasteiger partial charge in [-0.05, 0) is 30.2 Å². The van der Waals surface area contributed by atoms with Crippen LogP contribution >= 0.6 is 0 Å². The Kier molecular flexibility index (Phi) is 6.37. The number of hydrogen-bond acceptors (Lipinski definition) is 4. The third-order valence-electron chi connectivity index (χ3n) is 3.51. The Bertz CT molecular complexity index is 635. The van der Waals surface area contributed by atoms with Gasteiger partial charge in [0.1, 0.15) is 0 Å². The highest BCUT2D eigenvalue weighted by Crippen LogP contribution is 2.39. The van der Waals surface area contributed by atoms with E-state index in [-0.39, 0.29) is 17.2 Å². The second-order valence-electron chi connectivity index (χ2n) is 5.30. The standard InChI is InChI=1S/C18H21F2NO3/c1-12-4-6-13(7-5-12)10-21-11-14-8-15(22-2)17(24-18(19)20)16(9-14)23-3/h4-9,18,21H,10-11H2,1-3H3. The first-order valence-corrected chi connectivity index (χ1v) is 7.49. The molecule has 2 aromatic rings. The zero-order valence-corrected chi connectivity index (χ0v) is 13.9. The third kappa shape index (κ3) is 4.83. The Morgan fingerprint density at radius 2 is 1.46 bits per heavy atom. The number of benzene rings is 2. The van der Waals surface area contributed by atoms with Crippen LogP contribution in [0.5, 0.6) is 17.2 Å². The van der Waals surface area contributed by atoms with E-state index in [9.17, 15) is 8.78 Å². The minimum absolute atomic E-state index is 0.0997. The van der Waals surface area contributed by atoms with Crippen LogP contribution in [0.25, 0.3) is 0 Å². The van der Waals surface area contributed by atoms with Gasteiger partial charge in [0.05, 0.1) is 14.2 Å². The summed E-state index contributed by atoms with van der Waals surface area (Å²) in [6.07, 6.45) is 0. The first kappa shape index (κ1) is 18.0. The number of aryl methyl sites for hydroxylation is 1. The quantitative estimate of drug-likeness (QED) is 0.793. The zero-order chi connectivity index (χ0) is 17.5. The van der Waals surface area contributed by atoms with E-state index in [0.29, 0.717) is 13.1 Å². The van der Waals surface area contributed by atoms with Crippen molar-refractivity contribution in [1.82, 2.24) is 5.32 Å². The molecular formula is C18H21F2NO3. The molecule has 0 fully saturated rings. The van der Waals surface area contributed by atoms with Crippen molar-refractivity contribution in [2.45, 2.75) is 26.6 Å². The minimum atomic E-state index is -2.95. The van der Waals surface area contributed by atoms with Crippen molar-refractivity contribution >= 4 is 0 Å². The molecule has 0 saturated heterocycles. The maximum absolute atomic E-state index is 12.5. The lowest BCUT2D eigenvalue weighted by molar-refractivity contribution is -0.0526. The van der Waals surface area contributed by atoms with E-state index in [0.717, 1.165) is 11.1 Å². The van der Waals surface area contributed by atoms with Gasteiger partial charge in [-0.2, -0.15) is 8.78 Å². The van der Waals surface area contributed by atoms with Crippen molar-refractivity contribution in [3.05, 3.63) is 53.1 Å². The SMILES string of the molecule is COc1cc(CNCc2ccc(C)cc2)cc(OC)c1OC(F)F. The summed E-state index contributed by atoms with van der Waals surface area (Å²) in [5.74, 6) is 0.320. The summed E-state index contributed by atoms with van der Waals surface area (Å²) >= 11 is 0. The maximum Gasteiger partial charge on any atom is 0.387 e. The summed E-state index contributed by atoms with van der Waals surface area (Å²) in [6, 6.07) is 11.5. The van der Waals surface area contributed by atoms with Crippen LogP contribution in [-0.4, -0.2) is 20.8 Å². The second-order valence-corrected chi connectivity index (χ2v) is 5.30. The van der Waals surface area contributed by atoms with Gasteiger partial charge in [0.25, 0.3) is 0 Å². The third-order valence-corrected chi connectivity index (χ3v) is 3.51. The maximum atomic E-state index is 12.5. The van der Waals surface area contributed by atoms with E-state index in [4.69, 9.17) is 9.47 Å². The summed E-state index contributed by atoms with van der Waals surface area (Å²) in [6.45, 7) is 0.326. The van der Waals surface area contributed by atoms with Gasteiger partial charge < -0.3 is 19.5 Å². The highest BCUT2D eigenvalue weighted by Gasteiger charge is 2.17. The van der Waals surface area contributed by atoms with Gasteiger partial charge in [-0.15, -0.1) is 0 Å². The van der Waals surface area contributed by atoms with Crippen LogP contribution in [0.15, 0.2) is 36.4 Å². The molecule has 0 aliphatic carbocycles. The Balaban J connectivity index is 2.08. The molecule has 0 amide bonds. The fraction of sp³-hybridized carbons (Fsp3) is 0.333. The summed E-state index contributed by atoms with van der Waals surface area (Å²) < 4.78 is 39.8. The molecule has 0 spiro atoms. The molecule has 0 bridgehead atoms. The fourth-order valence-electron chi connectivity index (χ4n) is 2.30. The van der Waals surface area contributed by atoms with Crippen LogP contribution < -0.4 is 19.5 Å². The van der Waals surface area contributed by atoms with Gasteiger partial charge >= 0.3 is 6.61 Å². The fourth-order valence-corrected chi connectivity index (χ4v) is 2.30. The van der Waals surface area contributed by atoms with Crippen molar-refractivity contribution in [2.24, 2.45) is 0 Å². The molecule has 0 aliphatic rings. The van der Waals surface area contributed by atoms with Crippen LogP contribution in [0.2, 0.25) is 0 Å². The molecule has 0 atom stereocenters. The molecule has 0 aromatic heterocycles. The van der Waals surface area contributed by atoms with Crippen LogP contribution in [0.3, 0.4) is 0 Å². The van der Waals surface area contributed by atoms with E-state index >= 15 is 0 Å². The molecule has 0 saturated carbocycles. The number of nitrogens with one attached hydrogen (secondary N) is 1. The van der Waals surface area contributed by atoms with Gasteiger partial charge in [0.15, 0.2) is 11.5 Å². The highest BCUT2D eigenvalue weighted by atomic mass is 19.3. The monoisotopic (exact) mass is 337 g/mol. The molecular weight excluding hydrogens is 316 g/mol. The Morgan fingerprint density at radius 1 is 0.917 bits per heavy atom. The first-order chi connectivity index (χ1) is 11.5. The molecule has 130 valence electrons. The predicted molar refractivity (Wildman–Crippen MR) is 87.9 cm³/mol. The molecule has 0 unspecified atom stereocenters. The van der Waals surface area contributed by atoms with Crippen LogP contribution in [0, 0.1) is 6.92 Å². The molecule has 2 rings (SSSR count). The van der Waals surface area contributed by atoms with E-state index in [2.05, 4.69) is 34.3 Å². The predicted octanol–water partition coefficient (Wildman–Crippen LogP) is 3.90. The normalized spacial score (nSPS) is 10.8. The lowest BCUT2D eigenvalue weighted by Crippen LogP contribution is -2.13. The molecule has 0 radical (unpaired) electrons. The molecule has 0 aliphatic heterocycles. The van der Waals surface area contributed by atoms with Crippen molar-refractivity contribution in [3.8, 4) is 17.2 Å². The number of halogens is 2. The van der Waals surface area contributed by atoms with Gasteiger partial charge in [-0.3, -0.25) is 0 Å². The number of rotatable bonds is 8. The second kappa shape index (κ2) is 8.49. The lowest BCUT2D eigenvalue weighted by Gasteiger charge is -2.16. The molecule has 4 nitrogen and oxygen atoms in total. The molecule has 2 aromatic carbocycles. The average Bonchev–Trinajstić information content (AvgIpc) is 2.57. The van der Waals surface area contributed by atoms with Crippen LogP contribution in [0.1, 0.15) is 16.7 Å². The Hall–Kier alpha value is -2.34. The van der Waals surface area contributed by atoms with Crippen molar-refractivity contribution in [1.29, 1.82) is 0 Å². The Morgan fingerprint density at radius 3 is 1.96 bits per heavy atom. The minimum Gasteiger partial charge on any atom is -0.493 e. The number of hydrogen-bond donors (Lipinski definition) is 1. The first-order valence-electron chi connectivity index (χ1n) is 7.49. The smallest absolute Gasteiger partial charge is 0.387 e. The lowest BCUT2D eigenvalue weighted by atomic mass is 10.1. The van der Waals surface area contributed by atoms with Gasteiger partial charge in [0, 0.05) is 13.1 Å². The van der Waals surface area contributed by atoms with Gasteiger partial charge in [-0.25, -0.2) is 0 Å². The summed E-state index contributed by atoms with van der Waals surface area (Å²) in [5.41, 5.74) is 3.22. The number of methoxy groups -OCH3 is 2. The van der Waals surface area contributed by atoms with E-state index in [1.54, 1.807) is 12.1 Å². The highest BCUT2D eigenvalue weighted by molar-refractivity contribution is 5.53. The van der Waals surface area contributed by atoms with Gasteiger partial charge in [0.2, 0.25) is 5.75 Å². The Labute approximate surface area is 140 Å². The molecule has 0 heterocycles. The largest absolute Gasteiger partial charge is 0.493 e. The summed E-state index contributed by atoms with van der Waals surface area (Å²) in [4.78, 5) is 0.